The Hall–Kier alpha value is -1.56. The molecule has 1 amide bonds. The van der Waals surface area contributed by atoms with Gasteiger partial charge < -0.3 is 15.6 Å². The number of aromatic nitrogens is 2. The largest absolute Gasteiger partial charge is 0.347 e. The Morgan fingerprint density at radius 3 is 2.56 bits per heavy atom. The fraction of sp³-hybridized carbons (Fsp3) is 0.444. The molecule has 7 heteroatoms. The van der Waals surface area contributed by atoms with Crippen molar-refractivity contribution in [1.29, 1.82) is 0 Å². The number of fused-ring (bicyclic) bond motifs is 1. The van der Waals surface area contributed by atoms with Crippen molar-refractivity contribution in [1.82, 2.24) is 14.9 Å². The Kier molecular flexibility index (Phi) is 6.14. The molecule has 2 heterocycles. The molecule has 136 valence electrons. The number of benzene rings is 1. The number of carbonyl (C=O) groups excluding carboxylic acids is 1. The number of amides is 1. The van der Waals surface area contributed by atoms with Gasteiger partial charge in [0.2, 0.25) is 5.91 Å². The van der Waals surface area contributed by atoms with Crippen LogP contribution in [0.15, 0.2) is 36.7 Å². The summed E-state index contributed by atoms with van der Waals surface area (Å²) >= 11 is 0. The highest BCUT2D eigenvalue weighted by atomic mass is 35.5. The summed E-state index contributed by atoms with van der Waals surface area (Å²) in [5.74, 6) is 0.205. The highest BCUT2D eigenvalue weighted by Gasteiger charge is 2.42. The van der Waals surface area contributed by atoms with E-state index in [1.54, 1.807) is 6.33 Å². The first-order valence-corrected chi connectivity index (χ1v) is 8.33. The average molecular weight is 383 g/mol. The molecule has 1 aromatic carbocycles. The standard InChI is InChI=1S/C18H22N4O.2ClH/c19-18(8-4-5-9-18)17(23)22-10-14(13-6-2-1-3-7-13)16-15(11-22)20-12-21-16;;/h1-3,6-7,12,14H,4-5,8-11,19H2,(H,20,21);2*1H. The number of nitrogens with one attached hydrogen (secondary N) is 1. The number of nitrogens with two attached hydrogens (primary N) is 1. The summed E-state index contributed by atoms with van der Waals surface area (Å²) in [5.41, 5.74) is 9.00. The van der Waals surface area contributed by atoms with E-state index in [1.807, 2.05) is 23.1 Å². The van der Waals surface area contributed by atoms with Crippen molar-refractivity contribution in [3.8, 4) is 0 Å². The molecule has 5 nitrogen and oxygen atoms in total. The lowest BCUT2D eigenvalue weighted by molar-refractivity contribution is -0.138. The molecule has 0 bridgehead atoms. The van der Waals surface area contributed by atoms with Gasteiger partial charge in [0, 0.05) is 12.5 Å². The fourth-order valence-corrected chi connectivity index (χ4v) is 3.96. The van der Waals surface area contributed by atoms with E-state index in [0.29, 0.717) is 13.1 Å². The lowest BCUT2D eigenvalue weighted by Gasteiger charge is -2.37. The quantitative estimate of drug-likeness (QED) is 0.837. The summed E-state index contributed by atoms with van der Waals surface area (Å²) in [6, 6.07) is 10.3. The van der Waals surface area contributed by atoms with Gasteiger partial charge in [-0.05, 0) is 18.4 Å². The van der Waals surface area contributed by atoms with Crippen LogP contribution in [0.4, 0.5) is 0 Å². The van der Waals surface area contributed by atoms with Gasteiger partial charge in [-0.15, -0.1) is 24.8 Å². The average Bonchev–Trinajstić information content (AvgIpc) is 3.23. The molecule has 1 aliphatic heterocycles. The Bertz CT molecular complexity index is 713. The van der Waals surface area contributed by atoms with Crippen LogP contribution in [0.3, 0.4) is 0 Å². The zero-order valence-corrected chi connectivity index (χ0v) is 15.6. The Morgan fingerprint density at radius 1 is 1.20 bits per heavy atom. The Labute approximate surface area is 160 Å². The SMILES string of the molecule is Cl.Cl.NC1(C(=O)N2Cc3[nH]cnc3C(c3ccccc3)C2)CCCC1. The van der Waals surface area contributed by atoms with Crippen molar-refractivity contribution in [3.63, 3.8) is 0 Å². The Balaban J connectivity index is 0.00000113. The third-order valence-electron chi connectivity index (χ3n) is 5.24. The predicted molar refractivity (Wildman–Crippen MR) is 102 cm³/mol. The maximum absolute atomic E-state index is 13.0. The summed E-state index contributed by atoms with van der Waals surface area (Å²) in [7, 11) is 0. The summed E-state index contributed by atoms with van der Waals surface area (Å²) in [6.45, 7) is 1.23. The Morgan fingerprint density at radius 2 is 1.88 bits per heavy atom. The van der Waals surface area contributed by atoms with Gasteiger partial charge in [0.25, 0.3) is 0 Å². The molecule has 1 aromatic heterocycles. The fourth-order valence-electron chi connectivity index (χ4n) is 3.96. The highest BCUT2D eigenvalue weighted by Crippen LogP contribution is 2.35. The maximum Gasteiger partial charge on any atom is 0.243 e. The molecule has 0 saturated heterocycles. The molecule has 1 unspecified atom stereocenters. The number of rotatable bonds is 2. The molecule has 1 aliphatic carbocycles. The summed E-state index contributed by atoms with van der Waals surface area (Å²) in [4.78, 5) is 22.6. The first kappa shape index (κ1) is 19.8. The number of halogens is 2. The summed E-state index contributed by atoms with van der Waals surface area (Å²) in [6.07, 6.45) is 5.42. The molecule has 1 saturated carbocycles. The molecular weight excluding hydrogens is 359 g/mol. The molecule has 25 heavy (non-hydrogen) atoms. The lowest BCUT2D eigenvalue weighted by atomic mass is 9.89. The van der Waals surface area contributed by atoms with E-state index in [0.717, 1.165) is 37.1 Å². The van der Waals surface area contributed by atoms with Crippen LogP contribution in [0.1, 0.15) is 48.6 Å². The maximum atomic E-state index is 13.0. The second-order valence-corrected chi connectivity index (χ2v) is 6.78. The number of H-pyrrole nitrogens is 1. The first-order chi connectivity index (χ1) is 11.2. The monoisotopic (exact) mass is 382 g/mol. The van der Waals surface area contributed by atoms with E-state index < -0.39 is 5.54 Å². The molecule has 0 radical (unpaired) electrons. The van der Waals surface area contributed by atoms with Crippen LogP contribution < -0.4 is 5.73 Å². The van der Waals surface area contributed by atoms with Crippen molar-refractivity contribution in [2.45, 2.75) is 43.7 Å². The molecule has 2 aliphatic rings. The molecule has 1 atom stereocenters. The van der Waals surface area contributed by atoms with E-state index >= 15 is 0 Å². The molecule has 1 fully saturated rings. The molecule has 0 spiro atoms. The normalized spacial score (nSPS) is 21.0. The van der Waals surface area contributed by atoms with Crippen LogP contribution in [-0.4, -0.2) is 32.9 Å². The molecule has 4 rings (SSSR count). The van der Waals surface area contributed by atoms with Crippen LogP contribution in [-0.2, 0) is 11.3 Å². The minimum atomic E-state index is -0.668. The third kappa shape index (κ3) is 3.54. The summed E-state index contributed by atoms with van der Waals surface area (Å²) < 4.78 is 0. The smallest absolute Gasteiger partial charge is 0.243 e. The molecule has 3 N–H and O–H groups in total. The zero-order valence-electron chi connectivity index (χ0n) is 14.0. The zero-order chi connectivity index (χ0) is 15.9. The third-order valence-corrected chi connectivity index (χ3v) is 5.24. The minimum Gasteiger partial charge on any atom is -0.347 e. The number of carbonyl (C=O) groups is 1. The van der Waals surface area contributed by atoms with Crippen LogP contribution >= 0.6 is 24.8 Å². The van der Waals surface area contributed by atoms with Crippen LogP contribution in [0, 0.1) is 0 Å². The predicted octanol–water partition coefficient (Wildman–Crippen LogP) is 3.00. The highest BCUT2D eigenvalue weighted by molar-refractivity contribution is 5.87. The van der Waals surface area contributed by atoms with E-state index in [4.69, 9.17) is 5.73 Å². The van der Waals surface area contributed by atoms with Crippen LogP contribution in [0.2, 0.25) is 0 Å². The van der Waals surface area contributed by atoms with Gasteiger partial charge in [-0.25, -0.2) is 4.98 Å². The van der Waals surface area contributed by atoms with Crippen molar-refractivity contribution in [2.24, 2.45) is 5.73 Å². The first-order valence-electron chi connectivity index (χ1n) is 8.33. The van der Waals surface area contributed by atoms with Gasteiger partial charge in [0.15, 0.2) is 0 Å². The van der Waals surface area contributed by atoms with Gasteiger partial charge in [-0.1, -0.05) is 43.2 Å². The second kappa shape index (κ2) is 7.77. The number of aromatic amines is 1. The topological polar surface area (TPSA) is 75.0 Å². The van der Waals surface area contributed by atoms with E-state index in [1.165, 1.54) is 5.56 Å². The number of hydrogen-bond donors (Lipinski definition) is 2. The van der Waals surface area contributed by atoms with Gasteiger partial charge in [-0.3, -0.25) is 4.79 Å². The van der Waals surface area contributed by atoms with Crippen LogP contribution in [0.5, 0.6) is 0 Å². The van der Waals surface area contributed by atoms with Crippen molar-refractivity contribution >= 4 is 30.7 Å². The number of hydrogen-bond acceptors (Lipinski definition) is 3. The van der Waals surface area contributed by atoms with Crippen molar-refractivity contribution in [3.05, 3.63) is 53.6 Å². The van der Waals surface area contributed by atoms with Crippen molar-refractivity contribution in [2.75, 3.05) is 6.54 Å². The van der Waals surface area contributed by atoms with Crippen molar-refractivity contribution < 1.29 is 4.79 Å². The summed E-state index contributed by atoms with van der Waals surface area (Å²) in [5, 5.41) is 0. The van der Waals surface area contributed by atoms with E-state index in [-0.39, 0.29) is 36.6 Å². The van der Waals surface area contributed by atoms with Gasteiger partial charge in [0.1, 0.15) is 0 Å². The van der Waals surface area contributed by atoms with E-state index in [9.17, 15) is 4.79 Å². The van der Waals surface area contributed by atoms with Gasteiger partial charge in [-0.2, -0.15) is 0 Å². The lowest BCUT2D eigenvalue weighted by Crippen LogP contribution is -2.55. The minimum absolute atomic E-state index is 0. The molecule has 2 aromatic rings. The number of imidazole rings is 1. The van der Waals surface area contributed by atoms with Gasteiger partial charge >= 0.3 is 0 Å². The molecular formula is C18H24Cl2N4O. The van der Waals surface area contributed by atoms with Gasteiger partial charge in [0.05, 0.1) is 29.8 Å². The second-order valence-electron chi connectivity index (χ2n) is 6.78. The van der Waals surface area contributed by atoms with E-state index in [2.05, 4.69) is 22.1 Å². The van der Waals surface area contributed by atoms with Crippen LogP contribution in [0.25, 0.3) is 0 Å². The number of nitrogens with zero attached hydrogens (tertiary/aromatic N) is 2.